The van der Waals surface area contributed by atoms with Crippen LogP contribution in [0.4, 0.5) is 0 Å². The first kappa shape index (κ1) is 8.70. The fraction of sp³-hybridized carbons (Fsp3) is 0.571. The second-order valence-electron chi connectivity index (χ2n) is 2.96. The Morgan fingerprint density at radius 3 is 2.25 bits per heavy atom. The quantitative estimate of drug-likeness (QED) is 0.576. The van der Waals surface area contributed by atoms with Crippen molar-refractivity contribution >= 4 is 17.7 Å². The zero-order valence-corrected chi connectivity index (χ0v) is 6.59. The minimum atomic E-state index is -1.32. The lowest BCUT2D eigenvalue weighted by molar-refractivity contribution is -0.156. The molecule has 0 aliphatic heterocycles. The second kappa shape index (κ2) is 2.58. The lowest BCUT2D eigenvalue weighted by Crippen LogP contribution is -2.62. The third-order valence-electron chi connectivity index (χ3n) is 1.82. The number of carbonyl (C=O) groups excluding carboxylic acids is 2. The molecular weight excluding hydrogens is 162 g/mol. The molecule has 0 aromatic rings. The first-order valence-electron chi connectivity index (χ1n) is 3.50. The highest BCUT2D eigenvalue weighted by Crippen LogP contribution is 2.28. The van der Waals surface area contributed by atoms with Gasteiger partial charge in [-0.05, 0) is 0 Å². The molecule has 1 aliphatic carbocycles. The largest absolute Gasteiger partial charge is 0.479 e. The summed E-state index contributed by atoms with van der Waals surface area (Å²) in [7, 11) is 0. The zero-order chi connectivity index (χ0) is 9.35. The second-order valence-corrected chi connectivity index (χ2v) is 2.96. The molecule has 0 saturated heterocycles. The molecule has 5 nitrogen and oxygen atoms in total. The van der Waals surface area contributed by atoms with Gasteiger partial charge < -0.3 is 10.4 Å². The van der Waals surface area contributed by atoms with Crippen molar-refractivity contribution in [2.45, 2.75) is 25.3 Å². The van der Waals surface area contributed by atoms with Crippen molar-refractivity contribution < 1.29 is 19.5 Å². The Balaban J connectivity index is 2.69. The molecule has 0 spiro atoms. The molecule has 0 radical (unpaired) electrons. The highest BCUT2D eigenvalue weighted by molar-refractivity contribution is 6.02. The standard InChI is InChI=1S/C7H9NO4/c1-4(9)8-7(6(11)12)2-5(10)3-7/h2-3H2,1H3,(H,8,9)(H,11,12). The van der Waals surface area contributed by atoms with Gasteiger partial charge in [0.2, 0.25) is 5.91 Å². The van der Waals surface area contributed by atoms with Crippen molar-refractivity contribution in [2.75, 3.05) is 0 Å². The maximum absolute atomic E-state index is 10.6. The predicted octanol–water partition coefficient (Wildman–Crippen LogP) is -0.691. The van der Waals surface area contributed by atoms with Gasteiger partial charge in [-0.3, -0.25) is 9.59 Å². The van der Waals surface area contributed by atoms with Crippen molar-refractivity contribution in [3.05, 3.63) is 0 Å². The summed E-state index contributed by atoms with van der Waals surface area (Å²) in [5.41, 5.74) is -1.32. The number of ketones is 1. The number of carboxylic acids is 1. The number of carbonyl (C=O) groups is 3. The van der Waals surface area contributed by atoms with Gasteiger partial charge in [0.1, 0.15) is 5.78 Å². The Bertz CT molecular complexity index is 250. The molecule has 1 fully saturated rings. The van der Waals surface area contributed by atoms with Gasteiger partial charge >= 0.3 is 5.97 Å². The molecule has 0 bridgehead atoms. The van der Waals surface area contributed by atoms with E-state index in [9.17, 15) is 14.4 Å². The van der Waals surface area contributed by atoms with Crippen molar-refractivity contribution in [3.63, 3.8) is 0 Å². The minimum Gasteiger partial charge on any atom is -0.479 e. The van der Waals surface area contributed by atoms with Crippen LogP contribution in [0.5, 0.6) is 0 Å². The predicted molar refractivity (Wildman–Crippen MR) is 38.4 cm³/mol. The minimum absolute atomic E-state index is 0.0953. The first-order valence-corrected chi connectivity index (χ1v) is 3.50. The van der Waals surface area contributed by atoms with E-state index >= 15 is 0 Å². The monoisotopic (exact) mass is 171 g/mol. The summed E-state index contributed by atoms with van der Waals surface area (Å²) in [6, 6.07) is 0. The summed E-state index contributed by atoms with van der Waals surface area (Å²) < 4.78 is 0. The van der Waals surface area contributed by atoms with E-state index in [1.54, 1.807) is 0 Å². The molecule has 12 heavy (non-hydrogen) atoms. The van der Waals surface area contributed by atoms with Crippen LogP contribution in [-0.2, 0) is 14.4 Å². The maximum atomic E-state index is 10.6. The lowest BCUT2D eigenvalue weighted by Gasteiger charge is -2.36. The third kappa shape index (κ3) is 1.30. The summed E-state index contributed by atoms with van der Waals surface area (Å²) >= 11 is 0. The van der Waals surface area contributed by atoms with Crippen LogP contribution in [0.2, 0.25) is 0 Å². The number of hydrogen-bond donors (Lipinski definition) is 2. The van der Waals surface area contributed by atoms with Gasteiger partial charge in [-0.25, -0.2) is 4.79 Å². The highest BCUT2D eigenvalue weighted by atomic mass is 16.4. The van der Waals surface area contributed by atoms with Crippen molar-refractivity contribution in [3.8, 4) is 0 Å². The molecule has 0 unspecified atom stereocenters. The molecule has 1 aliphatic rings. The van der Waals surface area contributed by atoms with Gasteiger partial charge in [0.25, 0.3) is 0 Å². The van der Waals surface area contributed by atoms with Gasteiger partial charge in [0.05, 0.1) is 0 Å². The molecule has 0 heterocycles. The molecule has 1 saturated carbocycles. The van der Waals surface area contributed by atoms with Crippen molar-refractivity contribution in [1.29, 1.82) is 0 Å². The number of aliphatic carboxylic acids is 1. The summed E-state index contributed by atoms with van der Waals surface area (Å²) in [4.78, 5) is 31.8. The van der Waals surface area contributed by atoms with Crippen LogP contribution in [0.1, 0.15) is 19.8 Å². The molecule has 0 aromatic heterocycles. The summed E-state index contributed by atoms with van der Waals surface area (Å²) in [6.07, 6.45) is -0.191. The normalized spacial score (nSPS) is 19.6. The van der Waals surface area contributed by atoms with E-state index in [1.807, 2.05) is 0 Å². The van der Waals surface area contributed by atoms with E-state index in [-0.39, 0.29) is 18.6 Å². The smallest absolute Gasteiger partial charge is 0.330 e. The van der Waals surface area contributed by atoms with Gasteiger partial charge in [-0.1, -0.05) is 0 Å². The maximum Gasteiger partial charge on any atom is 0.330 e. The number of carboxylic acid groups (broad SMARTS) is 1. The lowest BCUT2D eigenvalue weighted by atomic mass is 9.75. The Labute approximate surface area is 68.8 Å². The number of hydrogen-bond acceptors (Lipinski definition) is 3. The van der Waals surface area contributed by atoms with Crippen LogP contribution in [-0.4, -0.2) is 28.3 Å². The Morgan fingerprint density at radius 2 is 2.00 bits per heavy atom. The average molecular weight is 171 g/mol. The third-order valence-corrected chi connectivity index (χ3v) is 1.82. The van der Waals surface area contributed by atoms with Gasteiger partial charge in [-0.15, -0.1) is 0 Å². The van der Waals surface area contributed by atoms with E-state index in [0.717, 1.165) is 0 Å². The number of amides is 1. The van der Waals surface area contributed by atoms with Crippen molar-refractivity contribution in [2.24, 2.45) is 0 Å². The molecule has 0 aromatic carbocycles. The fourth-order valence-corrected chi connectivity index (χ4v) is 1.25. The molecule has 1 amide bonds. The zero-order valence-electron chi connectivity index (χ0n) is 6.59. The van der Waals surface area contributed by atoms with Crippen LogP contribution >= 0.6 is 0 Å². The number of nitrogens with one attached hydrogen (secondary N) is 1. The average Bonchev–Trinajstić information content (AvgIpc) is 1.81. The van der Waals surface area contributed by atoms with E-state index in [0.29, 0.717) is 0 Å². The summed E-state index contributed by atoms with van der Waals surface area (Å²) in [6.45, 7) is 1.23. The first-order chi connectivity index (χ1) is 5.46. The number of rotatable bonds is 2. The Morgan fingerprint density at radius 1 is 1.50 bits per heavy atom. The Hall–Kier alpha value is -1.39. The summed E-state index contributed by atoms with van der Waals surface area (Å²) in [5, 5.41) is 10.9. The topological polar surface area (TPSA) is 83.5 Å². The highest BCUT2D eigenvalue weighted by Gasteiger charge is 2.50. The molecule has 5 heteroatoms. The summed E-state index contributed by atoms with van der Waals surface area (Å²) in [5.74, 6) is -1.70. The van der Waals surface area contributed by atoms with Crippen LogP contribution in [0, 0.1) is 0 Å². The molecule has 66 valence electrons. The molecular formula is C7H9NO4. The van der Waals surface area contributed by atoms with Crippen molar-refractivity contribution in [1.82, 2.24) is 5.32 Å². The molecule has 2 N–H and O–H groups in total. The van der Waals surface area contributed by atoms with Gasteiger partial charge in [-0.2, -0.15) is 0 Å². The Kier molecular flexibility index (Phi) is 1.87. The van der Waals surface area contributed by atoms with E-state index in [2.05, 4.69) is 5.32 Å². The van der Waals surface area contributed by atoms with Gasteiger partial charge in [0.15, 0.2) is 5.54 Å². The molecule has 1 rings (SSSR count). The SMILES string of the molecule is CC(=O)NC1(C(=O)O)CC(=O)C1. The van der Waals surface area contributed by atoms with Crippen LogP contribution in [0.15, 0.2) is 0 Å². The van der Waals surface area contributed by atoms with Gasteiger partial charge in [0, 0.05) is 19.8 Å². The van der Waals surface area contributed by atoms with Crippen LogP contribution < -0.4 is 5.32 Å². The van der Waals surface area contributed by atoms with E-state index in [4.69, 9.17) is 5.11 Å². The van der Waals surface area contributed by atoms with E-state index < -0.39 is 17.4 Å². The molecule has 0 atom stereocenters. The number of Topliss-reactive ketones (excluding diaryl/α,β-unsaturated/α-hetero) is 1. The van der Waals surface area contributed by atoms with Crippen LogP contribution in [0.3, 0.4) is 0 Å². The fourth-order valence-electron chi connectivity index (χ4n) is 1.25. The van der Waals surface area contributed by atoms with E-state index in [1.165, 1.54) is 6.92 Å². The van der Waals surface area contributed by atoms with Crippen LogP contribution in [0.25, 0.3) is 0 Å².